The molecule has 2 aromatic rings. The third kappa shape index (κ3) is 2.38. The number of hydrogen-bond donors (Lipinski definition) is 0. The second-order valence-corrected chi connectivity index (χ2v) is 3.92. The molecule has 1 aromatic heterocycles. The van der Waals surface area contributed by atoms with Gasteiger partial charge in [0.05, 0.1) is 17.7 Å². The Labute approximate surface area is 98.1 Å². The molecule has 0 atom stereocenters. The molecule has 0 unspecified atom stereocenters. The van der Waals surface area contributed by atoms with E-state index in [0.717, 1.165) is 0 Å². The Balaban J connectivity index is 2.23. The summed E-state index contributed by atoms with van der Waals surface area (Å²) in [6, 6.07) is 4.79. The van der Waals surface area contributed by atoms with Gasteiger partial charge in [-0.3, -0.25) is 9.48 Å². The highest BCUT2D eigenvalue weighted by Gasteiger charge is 2.14. The molecule has 0 bridgehead atoms. The van der Waals surface area contributed by atoms with Crippen LogP contribution in [-0.2, 0) is 13.5 Å². The van der Waals surface area contributed by atoms with Crippen molar-refractivity contribution < 1.29 is 9.18 Å². The highest BCUT2D eigenvalue weighted by molar-refractivity contribution is 5.97. The highest BCUT2D eigenvalue weighted by Crippen LogP contribution is 2.14. The Morgan fingerprint density at radius 2 is 2.24 bits per heavy atom. The second-order valence-electron chi connectivity index (χ2n) is 3.92. The predicted octanol–water partition coefficient (Wildman–Crippen LogP) is 1.69. The first kappa shape index (κ1) is 11.4. The van der Waals surface area contributed by atoms with E-state index < -0.39 is 5.82 Å². The van der Waals surface area contributed by atoms with Crippen LogP contribution >= 0.6 is 0 Å². The van der Waals surface area contributed by atoms with Crippen LogP contribution in [0.1, 0.15) is 21.6 Å². The van der Waals surface area contributed by atoms with E-state index >= 15 is 0 Å². The third-order valence-corrected chi connectivity index (χ3v) is 2.48. The lowest BCUT2D eigenvalue weighted by Crippen LogP contribution is -2.07. The lowest BCUT2D eigenvalue weighted by Gasteiger charge is -2.02. The maximum atomic E-state index is 13.7. The topological polar surface area (TPSA) is 47.8 Å². The van der Waals surface area contributed by atoms with Crippen LogP contribution in [-0.4, -0.2) is 20.8 Å². The fraction of sp³-hybridized carbons (Fsp3) is 0.250. The van der Waals surface area contributed by atoms with Gasteiger partial charge in [-0.1, -0.05) is 17.3 Å². The molecule has 88 valence electrons. The quantitative estimate of drug-likeness (QED) is 0.758. The van der Waals surface area contributed by atoms with Gasteiger partial charge in [0.2, 0.25) is 0 Å². The van der Waals surface area contributed by atoms with Gasteiger partial charge in [-0.25, -0.2) is 4.39 Å². The molecule has 0 spiro atoms. The Morgan fingerprint density at radius 1 is 1.47 bits per heavy atom. The molecule has 1 heterocycles. The molecular weight excluding hydrogens is 221 g/mol. The summed E-state index contributed by atoms with van der Waals surface area (Å²) in [6.45, 7) is 1.63. The average Bonchev–Trinajstić information content (AvgIpc) is 2.68. The summed E-state index contributed by atoms with van der Waals surface area (Å²) < 4.78 is 15.2. The number of hydrogen-bond acceptors (Lipinski definition) is 3. The van der Waals surface area contributed by atoms with Gasteiger partial charge in [0, 0.05) is 13.2 Å². The maximum Gasteiger partial charge on any atom is 0.171 e. The van der Waals surface area contributed by atoms with Crippen molar-refractivity contribution in [3.63, 3.8) is 0 Å². The lowest BCUT2D eigenvalue weighted by molar-refractivity contribution is 0.0988. The average molecular weight is 233 g/mol. The summed E-state index contributed by atoms with van der Waals surface area (Å²) in [5, 5.41) is 7.53. The number of nitrogens with zero attached hydrogens (tertiary/aromatic N) is 3. The first-order valence-corrected chi connectivity index (χ1v) is 5.21. The number of carbonyl (C=O) groups is 1. The molecule has 5 heteroatoms. The third-order valence-electron chi connectivity index (χ3n) is 2.48. The summed E-state index contributed by atoms with van der Waals surface area (Å²) in [7, 11) is 1.72. The number of carbonyl (C=O) groups excluding carboxylic acids is 1. The van der Waals surface area contributed by atoms with E-state index in [1.807, 2.05) is 0 Å². The van der Waals surface area contributed by atoms with E-state index in [-0.39, 0.29) is 17.8 Å². The molecule has 2 rings (SSSR count). The molecule has 0 amide bonds. The van der Waals surface area contributed by atoms with Crippen molar-refractivity contribution in [1.82, 2.24) is 15.0 Å². The van der Waals surface area contributed by atoms with Gasteiger partial charge in [-0.2, -0.15) is 0 Å². The molecule has 0 fully saturated rings. The van der Waals surface area contributed by atoms with Crippen molar-refractivity contribution in [2.75, 3.05) is 0 Å². The van der Waals surface area contributed by atoms with E-state index in [9.17, 15) is 9.18 Å². The zero-order valence-corrected chi connectivity index (χ0v) is 9.64. The number of aryl methyl sites for hydroxylation is 2. The normalized spacial score (nSPS) is 10.5. The van der Waals surface area contributed by atoms with Gasteiger partial charge >= 0.3 is 0 Å². The van der Waals surface area contributed by atoms with Gasteiger partial charge in [-0.05, 0) is 18.6 Å². The predicted molar refractivity (Wildman–Crippen MR) is 60.2 cm³/mol. The molecule has 0 saturated carbocycles. The van der Waals surface area contributed by atoms with Gasteiger partial charge in [0.25, 0.3) is 0 Å². The van der Waals surface area contributed by atoms with Crippen molar-refractivity contribution in [3.8, 4) is 0 Å². The van der Waals surface area contributed by atoms with E-state index in [4.69, 9.17) is 0 Å². The Hall–Kier alpha value is -2.04. The maximum absolute atomic E-state index is 13.7. The van der Waals surface area contributed by atoms with Crippen molar-refractivity contribution >= 4 is 5.78 Å². The number of ketones is 1. The number of benzene rings is 1. The first-order valence-electron chi connectivity index (χ1n) is 5.21. The van der Waals surface area contributed by atoms with E-state index in [2.05, 4.69) is 10.3 Å². The van der Waals surface area contributed by atoms with E-state index in [0.29, 0.717) is 11.3 Å². The van der Waals surface area contributed by atoms with E-state index in [1.165, 1.54) is 10.7 Å². The van der Waals surface area contributed by atoms with E-state index in [1.54, 1.807) is 32.3 Å². The summed E-state index contributed by atoms with van der Waals surface area (Å²) in [5.41, 5.74) is 1.11. The van der Waals surface area contributed by atoms with Crippen molar-refractivity contribution in [1.29, 1.82) is 0 Å². The minimum atomic E-state index is -0.457. The van der Waals surface area contributed by atoms with Crippen LogP contribution in [0, 0.1) is 12.7 Å². The minimum absolute atomic E-state index is 0.0637. The molecule has 1 aromatic carbocycles. The van der Waals surface area contributed by atoms with Gasteiger partial charge in [0.15, 0.2) is 5.78 Å². The molecule has 0 aliphatic rings. The summed E-state index contributed by atoms with van der Waals surface area (Å²) in [4.78, 5) is 11.9. The summed E-state index contributed by atoms with van der Waals surface area (Å²) >= 11 is 0. The fourth-order valence-corrected chi connectivity index (χ4v) is 1.60. The van der Waals surface area contributed by atoms with Crippen molar-refractivity contribution in [2.24, 2.45) is 7.05 Å². The SMILES string of the molecule is Cc1cccc(C(=O)Cc2cn(C)nn2)c1F. The number of Topliss-reactive ketones (excluding diaryl/α,β-unsaturated/α-hetero) is 1. The summed E-state index contributed by atoms with van der Waals surface area (Å²) in [5.74, 6) is -0.743. The molecule has 0 aliphatic heterocycles. The van der Waals surface area contributed by atoms with Crippen LogP contribution in [0.15, 0.2) is 24.4 Å². The Bertz CT molecular complexity index is 563. The zero-order valence-electron chi connectivity index (χ0n) is 9.64. The fourth-order valence-electron chi connectivity index (χ4n) is 1.60. The number of rotatable bonds is 3. The van der Waals surface area contributed by atoms with Crippen LogP contribution in [0.4, 0.5) is 4.39 Å². The van der Waals surface area contributed by atoms with Crippen LogP contribution in [0.2, 0.25) is 0 Å². The van der Waals surface area contributed by atoms with Gasteiger partial charge < -0.3 is 0 Å². The zero-order chi connectivity index (χ0) is 12.4. The van der Waals surface area contributed by atoms with Gasteiger partial charge in [-0.15, -0.1) is 5.10 Å². The number of aromatic nitrogens is 3. The van der Waals surface area contributed by atoms with Crippen LogP contribution in [0.5, 0.6) is 0 Å². The largest absolute Gasteiger partial charge is 0.294 e. The monoisotopic (exact) mass is 233 g/mol. The smallest absolute Gasteiger partial charge is 0.171 e. The standard InChI is InChI=1S/C12H12FN3O/c1-8-4-3-5-10(12(8)13)11(17)6-9-7-16(2)15-14-9/h3-5,7H,6H2,1-2H3. The molecular formula is C12H12FN3O. The van der Waals surface area contributed by atoms with Gasteiger partial charge in [0.1, 0.15) is 5.82 Å². The number of halogens is 1. The molecule has 0 N–H and O–H groups in total. The molecule has 17 heavy (non-hydrogen) atoms. The Kier molecular flexibility index (Phi) is 2.99. The first-order chi connectivity index (χ1) is 8.08. The lowest BCUT2D eigenvalue weighted by atomic mass is 10.0. The molecule has 0 aliphatic carbocycles. The van der Waals surface area contributed by atoms with Crippen LogP contribution in [0.25, 0.3) is 0 Å². The molecule has 4 nitrogen and oxygen atoms in total. The second kappa shape index (κ2) is 4.45. The minimum Gasteiger partial charge on any atom is -0.294 e. The molecule has 0 saturated heterocycles. The highest BCUT2D eigenvalue weighted by atomic mass is 19.1. The van der Waals surface area contributed by atoms with Crippen LogP contribution in [0.3, 0.4) is 0 Å². The molecule has 0 radical (unpaired) electrons. The van der Waals surface area contributed by atoms with Crippen LogP contribution < -0.4 is 0 Å². The Morgan fingerprint density at radius 3 is 2.88 bits per heavy atom. The summed E-state index contributed by atoms with van der Waals surface area (Å²) in [6.07, 6.45) is 1.71. The van der Waals surface area contributed by atoms with Crippen molar-refractivity contribution in [3.05, 3.63) is 47.0 Å². The van der Waals surface area contributed by atoms with Crippen molar-refractivity contribution in [2.45, 2.75) is 13.3 Å².